The zero-order chi connectivity index (χ0) is 101. The van der Waals surface area contributed by atoms with Crippen LogP contribution >= 0.6 is 23.2 Å². The van der Waals surface area contributed by atoms with Crippen LogP contribution in [-0.4, -0.2) is 254 Å². The molecule has 0 aromatic heterocycles. The summed E-state index contributed by atoms with van der Waals surface area (Å²) in [6, 6.07) is 1.62. The number of carbonyl (C=O) groups excluding carboxylic acids is 8. The lowest BCUT2D eigenvalue weighted by atomic mass is 9.53. The molecule has 7 aromatic carbocycles. The number of hydrogen-bond acceptors (Lipinski definition) is 33. The van der Waals surface area contributed by atoms with E-state index in [1.54, 1.807) is 0 Å². The van der Waals surface area contributed by atoms with Gasteiger partial charge in [0.15, 0.2) is 35.3 Å². The standard InChI is InChI=1S/C98H112Cl2N10O32/c1-39(2)8-6-4-5-7-9-69(118)105-77-83(123)79(119)66(36-102-98-33-42-18-43(34-98)20-44(19-42)35-98)138-96(77)142-87-64-28-49-29-65(87)136-61-17-13-47(26-56(61)100)86(141-95-76(103-40(3)113)82(122)80(120)67(37-111)139-95)78-93(131)109-75(94(132)133)54-31-51(115)32-63(137-97-85(125)84(124)81(121)68(38-112)140-97)70(54)53-25-46(12-14-58(53)116)72(90(128)110-78)107-92(130)74(49)108-91(129)73-48-23-50(114)30-52(24-48)134-62-27-45(11-15-59(62)117)71(101)89(127)104-57(88(126)106-73)22-41-10-16-60(135-64)55(99)21-41/h10-17,21,23-32,39,42-44,57,66-68,71-86,95-97,102,111-112,114-117,119-125H,4-9,18-20,22,33-38,101H2,1-3H3,(H,103,113)(H,104,127)(H,105,118)(H,106,126)(H,107,130)(H,108,129)(H,109,131)(H,110,128)(H,132,133)/t42?,43?,44?,57-,66-,67-,68-,71-,72-,73+,74-,75+,76-,77-,78+,79-,80-,81-,82-,83-,84+,85+,86-,95+,96+,97+,98?/m1/s1. The lowest BCUT2D eigenvalue weighted by Crippen LogP contribution is -2.67. The quantitative estimate of drug-likeness (QED) is 0.0457. The maximum atomic E-state index is 17.3. The molecule has 13 aliphatic rings. The number of aromatic hydroxyl groups is 4. The molecule has 7 aromatic rings. The van der Waals surface area contributed by atoms with Crippen LogP contribution in [0.5, 0.6) is 69.0 Å². The van der Waals surface area contributed by atoms with Crippen molar-refractivity contribution in [2.75, 3.05) is 19.8 Å². The average molecular weight is 2010 g/mol. The largest absolute Gasteiger partial charge is 0.508 e. The normalized spacial score (nSPS) is 31.6. The Hall–Kier alpha value is -12.0. The van der Waals surface area contributed by atoms with E-state index < -0.39 is 303 Å². The fourth-order valence-electron chi connectivity index (χ4n) is 21.1. The Balaban J connectivity index is 0.902. The minimum absolute atomic E-state index is 0.0416. The van der Waals surface area contributed by atoms with Gasteiger partial charge in [-0.2, -0.15) is 0 Å². The van der Waals surface area contributed by atoms with Gasteiger partial charge in [-0.25, -0.2) is 4.79 Å². The minimum atomic E-state index is -2.58. The van der Waals surface area contributed by atoms with Gasteiger partial charge in [-0.05, 0) is 181 Å². The van der Waals surface area contributed by atoms with Crippen molar-refractivity contribution < 1.29 is 157 Å². The van der Waals surface area contributed by atoms with Crippen LogP contribution in [0.3, 0.4) is 0 Å². The van der Waals surface area contributed by atoms with Gasteiger partial charge in [0.25, 0.3) is 0 Å². The predicted molar refractivity (Wildman–Crippen MR) is 495 cm³/mol. The number of carboxylic acid groups (broad SMARTS) is 1. The third kappa shape index (κ3) is 21.5. The maximum absolute atomic E-state index is 17.3. The molecule has 142 heavy (non-hydrogen) atoms. The molecule has 4 aliphatic carbocycles. The highest BCUT2D eigenvalue weighted by atomic mass is 35.5. The van der Waals surface area contributed by atoms with Gasteiger partial charge < -0.3 is 168 Å². The van der Waals surface area contributed by atoms with E-state index in [1.807, 2.05) is 0 Å². The van der Waals surface area contributed by atoms with Crippen LogP contribution in [0, 0.1) is 23.7 Å². The van der Waals surface area contributed by atoms with E-state index >= 15 is 24.0 Å². The number of hydrogen-bond donors (Lipinski definition) is 24. The number of fused-ring (bicyclic) bond motifs is 14. The highest BCUT2D eigenvalue weighted by Crippen LogP contribution is 2.57. The number of rotatable bonds is 21. The van der Waals surface area contributed by atoms with E-state index in [9.17, 15) is 90.7 Å². The summed E-state index contributed by atoms with van der Waals surface area (Å²) in [5.41, 5.74) is 2.68. The molecule has 44 heteroatoms. The first-order valence-corrected chi connectivity index (χ1v) is 47.7. The lowest BCUT2D eigenvalue weighted by molar-refractivity contribution is -0.284. The summed E-state index contributed by atoms with van der Waals surface area (Å²) in [5, 5.41) is 186. The van der Waals surface area contributed by atoms with Gasteiger partial charge in [0.05, 0.1) is 23.3 Å². The Kier molecular flexibility index (Phi) is 30.1. The van der Waals surface area contributed by atoms with Crippen LogP contribution in [0.15, 0.2) is 115 Å². The van der Waals surface area contributed by atoms with Crippen molar-refractivity contribution in [3.63, 3.8) is 0 Å². The van der Waals surface area contributed by atoms with Crippen LogP contribution in [0.2, 0.25) is 10.0 Å². The minimum Gasteiger partial charge on any atom is -0.508 e. The molecule has 3 saturated heterocycles. The number of phenols is 4. The van der Waals surface area contributed by atoms with Crippen molar-refractivity contribution in [1.29, 1.82) is 0 Å². The summed E-state index contributed by atoms with van der Waals surface area (Å²) in [6.45, 7) is 2.99. The molecule has 0 unspecified atom stereocenters. The average Bonchev–Trinajstić information content (AvgIpc) is 0.746. The molecule has 760 valence electrons. The summed E-state index contributed by atoms with van der Waals surface area (Å²) < 4.78 is 59.2. The molecule has 20 rings (SSSR count). The number of carboxylic acids is 1. The molecule has 25 N–H and O–H groups in total. The second kappa shape index (κ2) is 42.1. The van der Waals surface area contributed by atoms with Crippen molar-refractivity contribution in [3.05, 3.63) is 164 Å². The monoisotopic (exact) mass is 2010 g/mol. The first-order valence-electron chi connectivity index (χ1n) is 47.0. The van der Waals surface area contributed by atoms with Crippen molar-refractivity contribution >= 4 is 76.4 Å². The Morgan fingerprint density at radius 1 is 0.514 bits per heavy atom. The van der Waals surface area contributed by atoms with Crippen molar-refractivity contribution in [3.8, 4) is 80.1 Å². The van der Waals surface area contributed by atoms with Crippen LogP contribution in [0.25, 0.3) is 11.1 Å². The number of nitrogens with two attached hydrogens (primary N) is 1. The molecule has 23 atom stereocenters. The molecule has 0 radical (unpaired) electrons. The number of benzene rings is 7. The zero-order valence-corrected chi connectivity index (χ0v) is 78.3. The molecule has 9 aliphatic heterocycles. The smallest absolute Gasteiger partial charge is 0.330 e. The highest BCUT2D eigenvalue weighted by molar-refractivity contribution is 6.32. The fraction of sp³-hybridized carbons (Fsp3) is 0.480. The number of nitrogens with one attached hydrogen (secondary N) is 9. The molecule has 7 fully saturated rings. The van der Waals surface area contributed by atoms with Crippen molar-refractivity contribution in [2.45, 2.75) is 250 Å². The van der Waals surface area contributed by atoms with E-state index in [4.69, 9.17) is 71.6 Å². The van der Waals surface area contributed by atoms with Crippen LogP contribution in [0.1, 0.15) is 173 Å². The molecule has 42 nitrogen and oxygen atoms in total. The number of aliphatic hydroxyl groups is 9. The summed E-state index contributed by atoms with van der Waals surface area (Å²) in [5.74, 6) is -17.1. The van der Waals surface area contributed by atoms with E-state index in [1.165, 1.54) is 30.3 Å². The SMILES string of the molecule is CC(=O)N[C@H]1[C@H](O[C@@H]2c3ccc(c(Cl)c3)Oc3cc4cc(c3O[C@@H]3O[C@H](CNC56CC7CC(CC(C7)C5)C6)[C@@H](O)[C@H](O)[C@H]3NC(=O)CCCCCCC(C)C)Oc3ccc(cc3Cl)C[C@H]3NC(=O)[C@H](N)c5ccc(O)c(c5)Oc5cc(O)cc(c5)[C@H](NC3=O)C(=O)N[C@H]4C(=O)N[C@H]3C(=O)N[C@@H]2C(=O)N[C@H](C(=O)O)c2cc(O)cc(O[C@H]4O[C@H](CO)[C@@H](O)[C@H](O)[C@@H]4O)c2-c2cc3ccc2O)O[C@H](CO)[C@@H](O)[C@@H]1O. The zero-order valence-electron chi connectivity index (χ0n) is 76.8. The molecule has 4 saturated carbocycles. The Labute approximate surface area is 821 Å². The Morgan fingerprint density at radius 2 is 1.08 bits per heavy atom. The summed E-state index contributed by atoms with van der Waals surface area (Å²) in [6.07, 6.45) is -19.1. The van der Waals surface area contributed by atoms with Gasteiger partial charge in [-0.15, -0.1) is 0 Å². The molecular formula is C98H112Cl2N10O32. The molecule has 9 heterocycles. The van der Waals surface area contributed by atoms with Gasteiger partial charge in [-0.1, -0.05) is 87.0 Å². The Bertz CT molecular complexity index is 5960. The summed E-state index contributed by atoms with van der Waals surface area (Å²) in [4.78, 5) is 140. The van der Waals surface area contributed by atoms with Crippen molar-refractivity contribution in [1.82, 2.24) is 47.9 Å². The van der Waals surface area contributed by atoms with Gasteiger partial charge in [0.2, 0.25) is 65.6 Å². The number of ether oxygens (including phenoxy) is 9. The molecule has 8 amide bonds. The van der Waals surface area contributed by atoms with Gasteiger partial charge >= 0.3 is 5.97 Å². The third-order valence-electron chi connectivity index (χ3n) is 27.9. The number of amides is 8. The fourth-order valence-corrected chi connectivity index (χ4v) is 21.6. The number of phenolic OH excluding ortho intramolecular Hbond substituents is 4. The maximum Gasteiger partial charge on any atom is 0.330 e. The number of aliphatic hydroxyl groups excluding tert-OH is 9. The van der Waals surface area contributed by atoms with Crippen LogP contribution in [0.4, 0.5) is 0 Å². The van der Waals surface area contributed by atoms with Gasteiger partial charge in [0, 0.05) is 60.7 Å². The van der Waals surface area contributed by atoms with E-state index in [0.29, 0.717) is 36.5 Å². The summed E-state index contributed by atoms with van der Waals surface area (Å²) >= 11 is 15.0. The van der Waals surface area contributed by atoms with Crippen LogP contribution in [-0.2, 0) is 68.5 Å². The van der Waals surface area contributed by atoms with Gasteiger partial charge in [0.1, 0.15) is 156 Å². The second-order valence-corrected chi connectivity index (χ2v) is 39.4. The second-order valence-electron chi connectivity index (χ2n) is 38.6. The first-order chi connectivity index (χ1) is 67.7. The summed E-state index contributed by atoms with van der Waals surface area (Å²) in [7, 11) is 0. The number of halogens is 2. The topological polar surface area (TPSA) is 654 Å². The number of unbranched alkanes of at least 4 members (excludes halogenated alkanes) is 3. The van der Waals surface area contributed by atoms with Crippen LogP contribution < -0.4 is 77.3 Å². The van der Waals surface area contributed by atoms with E-state index in [2.05, 4.69) is 61.7 Å². The highest BCUT2D eigenvalue weighted by Gasteiger charge is 2.56. The third-order valence-corrected chi connectivity index (χ3v) is 28.5. The number of aliphatic carboxylic acids is 1. The predicted octanol–water partition coefficient (Wildman–Crippen LogP) is 3.59. The molecule has 0 spiro atoms. The van der Waals surface area contributed by atoms with E-state index in [-0.39, 0.29) is 57.5 Å². The number of carbonyl (C=O) groups is 9. The Morgan fingerprint density at radius 3 is 1.72 bits per heavy atom. The first kappa shape index (κ1) is 101. The van der Waals surface area contributed by atoms with Gasteiger partial charge in [-0.3, -0.25) is 38.4 Å². The lowest BCUT2D eigenvalue weighted by Gasteiger charge is -2.57. The molecular weight excluding hydrogens is 1900 g/mol. The van der Waals surface area contributed by atoms with Crippen molar-refractivity contribution in [2.24, 2.45) is 29.4 Å². The molecule has 21 bridgehead atoms. The van der Waals surface area contributed by atoms with E-state index in [0.717, 1.165) is 150 Å².